The van der Waals surface area contributed by atoms with Crippen LogP contribution in [-0.2, 0) is 16.6 Å². The number of rotatable bonds is 4. The van der Waals surface area contributed by atoms with Gasteiger partial charge in [0.25, 0.3) is 0 Å². The van der Waals surface area contributed by atoms with Crippen molar-refractivity contribution in [3.8, 4) is 0 Å². The Balaban J connectivity index is 2.17. The van der Waals surface area contributed by atoms with Crippen molar-refractivity contribution in [2.75, 3.05) is 0 Å². The molecule has 1 heterocycles. The summed E-state index contributed by atoms with van der Waals surface area (Å²) in [5, 5.41) is 8.71. The van der Waals surface area contributed by atoms with Crippen LogP contribution < -0.4 is 0 Å². The van der Waals surface area contributed by atoms with Gasteiger partial charge in [0.15, 0.2) is 0 Å². The smallest absolute Gasteiger partial charge is 0.337 e. The van der Waals surface area contributed by atoms with Gasteiger partial charge in [0.2, 0.25) is 0 Å². The van der Waals surface area contributed by atoms with Crippen molar-refractivity contribution in [3.05, 3.63) is 59.4 Å². The Morgan fingerprint density at radius 3 is 2.55 bits per heavy atom. The molecule has 0 fully saturated rings. The molecular formula is C13H9F2NO3S. The predicted molar refractivity (Wildman–Crippen MR) is 67.7 cm³/mol. The Morgan fingerprint density at radius 2 is 2.00 bits per heavy atom. The fraction of sp³-hybridized carbons (Fsp3) is 0.0769. The Labute approximate surface area is 115 Å². The monoisotopic (exact) mass is 297 g/mol. The first-order valence-corrected chi connectivity index (χ1v) is 6.81. The molecule has 20 heavy (non-hydrogen) atoms. The second-order valence-electron chi connectivity index (χ2n) is 3.91. The number of carbonyl (C=O) groups is 1. The highest BCUT2D eigenvalue weighted by Crippen LogP contribution is 2.16. The molecule has 0 bridgehead atoms. The SMILES string of the molecule is O=C(O)c1ccc(CS(=O)c2ccc(F)cc2F)nc1. The van der Waals surface area contributed by atoms with Crippen molar-refractivity contribution in [1.82, 2.24) is 4.98 Å². The molecule has 1 aromatic heterocycles. The van der Waals surface area contributed by atoms with Gasteiger partial charge in [-0.3, -0.25) is 9.19 Å². The molecule has 0 saturated heterocycles. The van der Waals surface area contributed by atoms with Crippen molar-refractivity contribution < 1.29 is 22.9 Å². The summed E-state index contributed by atoms with van der Waals surface area (Å²) in [6, 6.07) is 5.53. The van der Waals surface area contributed by atoms with Crippen LogP contribution in [0, 0.1) is 11.6 Å². The molecule has 0 spiro atoms. The average Bonchev–Trinajstić information content (AvgIpc) is 2.39. The lowest BCUT2D eigenvalue weighted by Gasteiger charge is -2.04. The maximum absolute atomic E-state index is 13.4. The van der Waals surface area contributed by atoms with Crippen molar-refractivity contribution in [3.63, 3.8) is 0 Å². The van der Waals surface area contributed by atoms with Crippen molar-refractivity contribution in [1.29, 1.82) is 0 Å². The van der Waals surface area contributed by atoms with Crippen LogP contribution in [0.5, 0.6) is 0 Å². The number of halogens is 2. The van der Waals surface area contributed by atoms with E-state index in [-0.39, 0.29) is 16.2 Å². The summed E-state index contributed by atoms with van der Waals surface area (Å²) < 4.78 is 38.2. The van der Waals surface area contributed by atoms with E-state index < -0.39 is 28.4 Å². The molecule has 1 aromatic carbocycles. The van der Waals surface area contributed by atoms with Crippen LogP contribution in [0.3, 0.4) is 0 Å². The second-order valence-corrected chi connectivity index (χ2v) is 5.33. The first-order valence-electron chi connectivity index (χ1n) is 5.49. The Hall–Kier alpha value is -2.15. The number of pyridine rings is 1. The van der Waals surface area contributed by atoms with Crippen LogP contribution in [-0.4, -0.2) is 20.3 Å². The van der Waals surface area contributed by atoms with Gasteiger partial charge in [-0.15, -0.1) is 0 Å². The van der Waals surface area contributed by atoms with Gasteiger partial charge in [-0.1, -0.05) is 0 Å². The highest BCUT2D eigenvalue weighted by molar-refractivity contribution is 7.84. The number of carboxylic acids is 1. The molecule has 4 nitrogen and oxygen atoms in total. The standard InChI is InChI=1S/C13H9F2NO3S/c14-9-2-4-12(11(15)5-9)20(19)7-10-3-1-8(6-16-10)13(17)18/h1-6H,7H2,(H,17,18). The summed E-state index contributed by atoms with van der Waals surface area (Å²) in [6.07, 6.45) is 1.13. The predicted octanol–water partition coefficient (Wildman–Crippen LogP) is 2.37. The summed E-state index contributed by atoms with van der Waals surface area (Å²) >= 11 is 0. The Morgan fingerprint density at radius 1 is 1.25 bits per heavy atom. The van der Waals surface area contributed by atoms with E-state index in [1.54, 1.807) is 0 Å². The lowest BCUT2D eigenvalue weighted by atomic mass is 10.2. The molecule has 7 heteroatoms. The number of nitrogens with zero attached hydrogens (tertiary/aromatic N) is 1. The van der Waals surface area contributed by atoms with Gasteiger partial charge in [-0.05, 0) is 24.3 Å². The zero-order valence-electron chi connectivity index (χ0n) is 10.0. The lowest BCUT2D eigenvalue weighted by Crippen LogP contribution is -2.03. The highest BCUT2D eigenvalue weighted by Gasteiger charge is 2.13. The second kappa shape index (κ2) is 5.87. The number of hydrogen-bond donors (Lipinski definition) is 1. The highest BCUT2D eigenvalue weighted by atomic mass is 32.2. The number of aromatic carboxylic acids is 1. The summed E-state index contributed by atoms with van der Waals surface area (Å²) in [6.45, 7) is 0. The van der Waals surface area contributed by atoms with Gasteiger partial charge < -0.3 is 5.11 Å². The number of carboxylic acid groups (broad SMARTS) is 1. The van der Waals surface area contributed by atoms with Crippen LogP contribution in [0.1, 0.15) is 16.1 Å². The van der Waals surface area contributed by atoms with Crippen LogP contribution >= 0.6 is 0 Å². The Kier molecular flexibility index (Phi) is 4.19. The maximum Gasteiger partial charge on any atom is 0.337 e. The summed E-state index contributed by atoms with van der Waals surface area (Å²) in [4.78, 5) is 14.4. The molecule has 0 aliphatic carbocycles. The van der Waals surface area contributed by atoms with Gasteiger partial charge in [0.1, 0.15) is 11.6 Å². The minimum absolute atomic E-state index is 0.00694. The zero-order valence-corrected chi connectivity index (χ0v) is 10.9. The third-order valence-electron chi connectivity index (χ3n) is 2.49. The quantitative estimate of drug-likeness (QED) is 0.940. The fourth-order valence-electron chi connectivity index (χ4n) is 1.51. The minimum atomic E-state index is -1.72. The zero-order chi connectivity index (χ0) is 14.7. The van der Waals surface area contributed by atoms with Crippen LogP contribution in [0.4, 0.5) is 8.78 Å². The first-order chi connectivity index (χ1) is 9.47. The lowest BCUT2D eigenvalue weighted by molar-refractivity contribution is 0.0696. The Bertz CT molecular complexity index is 674. The molecule has 0 aliphatic heterocycles. The third kappa shape index (κ3) is 3.24. The van der Waals surface area contributed by atoms with E-state index in [0.29, 0.717) is 11.8 Å². The molecule has 1 unspecified atom stereocenters. The van der Waals surface area contributed by atoms with E-state index in [1.165, 1.54) is 12.1 Å². The van der Waals surface area contributed by atoms with Crippen LogP contribution in [0.15, 0.2) is 41.4 Å². The van der Waals surface area contributed by atoms with E-state index in [0.717, 1.165) is 18.3 Å². The van der Waals surface area contributed by atoms with E-state index in [1.807, 2.05) is 0 Å². The minimum Gasteiger partial charge on any atom is -0.478 e. The topological polar surface area (TPSA) is 67.3 Å². The van der Waals surface area contributed by atoms with Crippen molar-refractivity contribution >= 4 is 16.8 Å². The molecule has 1 atom stereocenters. The van der Waals surface area contributed by atoms with Gasteiger partial charge >= 0.3 is 5.97 Å². The molecule has 0 amide bonds. The van der Waals surface area contributed by atoms with Gasteiger partial charge in [0.05, 0.1) is 32.7 Å². The summed E-state index contributed by atoms with van der Waals surface area (Å²) in [7, 11) is -1.72. The van der Waals surface area contributed by atoms with E-state index in [2.05, 4.69) is 4.98 Å². The van der Waals surface area contributed by atoms with Gasteiger partial charge in [0, 0.05) is 12.3 Å². The normalized spacial score (nSPS) is 12.1. The first kappa shape index (κ1) is 14.3. The summed E-state index contributed by atoms with van der Waals surface area (Å²) in [5.41, 5.74) is 0.365. The third-order valence-corrected chi connectivity index (χ3v) is 3.87. The summed E-state index contributed by atoms with van der Waals surface area (Å²) in [5.74, 6) is -2.82. The van der Waals surface area contributed by atoms with Crippen LogP contribution in [0.25, 0.3) is 0 Å². The molecular weight excluding hydrogens is 288 g/mol. The van der Waals surface area contributed by atoms with E-state index >= 15 is 0 Å². The van der Waals surface area contributed by atoms with Gasteiger partial charge in [-0.25, -0.2) is 13.6 Å². The molecule has 0 aliphatic rings. The van der Waals surface area contributed by atoms with Crippen LogP contribution in [0.2, 0.25) is 0 Å². The molecule has 0 radical (unpaired) electrons. The number of aromatic nitrogens is 1. The molecule has 104 valence electrons. The van der Waals surface area contributed by atoms with E-state index in [9.17, 15) is 17.8 Å². The average molecular weight is 297 g/mol. The largest absolute Gasteiger partial charge is 0.478 e. The van der Waals surface area contributed by atoms with Crippen molar-refractivity contribution in [2.24, 2.45) is 0 Å². The van der Waals surface area contributed by atoms with Gasteiger partial charge in [-0.2, -0.15) is 0 Å². The number of benzene rings is 1. The molecule has 1 N–H and O–H groups in total. The molecule has 2 aromatic rings. The number of hydrogen-bond acceptors (Lipinski definition) is 3. The van der Waals surface area contributed by atoms with Crippen molar-refractivity contribution in [2.45, 2.75) is 10.6 Å². The van der Waals surface area contributed by atoms with E-state index in [4.69, 9.17) is 5.11 Å². The maximum atomic E-state index is 13.4. The molecule has 2 rings (SSSR count). The molecule has 0 saturated carbocycles. The fourth-order valence-corrected chi connectivity index (χ4v) is 2.60.